The molecular formula is C17H21ClFN3O. The average molecular weight is 338 g/mol. The number of anilines is 1. The van der Waals surface area contributed by atoms with Crippen LogP contribution in [0.5, 0.6) is 0 Å². The van der Waals surface area contributed by atoms with Crippen molar-refractivity contribution < 1.29 is 9.18 Å². The van der Waals surface area contributed by atoms with Gasteiger partial charge in [-0.3, -0.25) is 4.79 Å². The molecule has 0 bridgehead atoms. The van der Waals surface area contributed by atoms with Crippen LogP contribution in [0.4, 0.5) is 10.1 Å². The van der Waals surface area contributed by atoms with Crippen LogP contribution in [0.15, 0.2) is 18.2 Å². The molecule has 1 heterocycles. The van der Waals surface area contributed by atoms with E-state index in [0.717, 1.165) is 10.2 Å². The summed E-state index contributed by atoms with van der Waals surface area (Å²) >= 11 is 6.09. The second-order valence-corrected chi connectivity index (χ2v) is 6.53. The molecular weight excluding hydrogens is 317 g/mol. The van der Waals surface area contributed by atoms with Gasteiger partial charge in [-0.1, -0.05) is 32.4 Å². The topological polar surface area (TPSA) is 46.9 Å². The molecule has 0 radical (unpaired) electrons. The van der Waals surface area contributed by atoms with E-state index in [4.69, 9.17) is 11.6 Å². The first kappa shape index (κ1) is 17.5. The quantitative estimate of drug-likeness (QED) is 0.890. The van der Waals surface area contributed by atoms with Gasteiger partial charge in [0.1, 0.15) is 5.56 Å². The molecule has 1 amide bonds. The number of aryl methyl sites for hydroxylation is 2. The molecule has 23 heavy (non-hydrogen) atoms. The summed E-state index contributed by atoms with van der Waals surface area (Å²) in [5, 5.41) is 7.33. The number of benzene rings is 1. The number of amides is 1. The third kappa shape index (κ3) is 3.55. The molecule has 1 aromatic heterocycles. The predicted octanol–water partition coefficient (Wildman–Crippen LogP) is 4.53. The van der Waals surface area contributed by atoms with Crippen molar-refractivity contribution in [2.24, 2.45) is 13.0 Å². The highest BCUT2D eigenvalue weighted by Crippen LogP contribution is 2.32. The summed E-state index contributed by atoms with van der Waals surface area (Å²) in [6.07, 6.45) is 0. The lowest BCUT2D eigenvalue weighted by Gasteiger charge is -2.20. The smallest absolute Gasteiger partial charge is 0.262 e. The number of aromatic nitrogens is 2. The highest BCUT2D eigenvalue weighted by atomic mass is 35.5. The number of hydrogen-bond donors (Lipinski definition) is 1. The van der Waals surface area contributed by atoms with Crippen LogP contribution in [0, 0.1) is 18.8 Å². The van der Waals surface area contributed by atoms with Crippen LogP contribution in [0.3, 0.4) is 0 Å². The van der Waals surface area contributed by atoms with E-state index < -0.39 is 11.9 Å². The molecule has 1 atom stereocenters. The molecule has 0 aliphatic carbocycles. The fourth-order valence-corrected chi connectivity index (χ4v) is 2.64. The standard InChI is InChI=1S/C17H21ClFN3O/c1-9(2)10(3)13-8-12(18)6-7-14(13)20-17(23)15-11(4)21-22(5)16(15)19/h6-10H,1-5H3,(H,20,23). The third-order valence-electron chi connectivity index (χ3n) is 4.13. The maximum Gasteiger partial charge on any atom is 0.262 e. The molecule has 2 aromatic rings. The van der Waals surface area contributed by atoms with E-state index in [9.17, 15) is 9.18 Å². The molecule has 1 N–H and O–H groups in total. The minimum atomic E-state index is -0.646. The van der Waals surface area contributed by atoms with Gasteiger partial charge in [0.05, 0.1) is 5.69 Å². The SMILES string of the molecule is Cc1nn(C)c(F)c1C(=O)Nc1ccc(Cl)cc1C(C)C(C)C. The maximum atomic E-state index is 14.0. The molecule has 1 aromatic carbocycles. The summed E-state index contributed by atoms with van der Waals surface area (Å²) in [4.78, 5) is 12.5. The van der Waals surface area contributed by atoms with Crippen molar-refractivity contribution in [2.75, 3.05) is 5.32 Å². The molecule has 0 aliphatic rings. The van der Waals surface area contributed by atoms with Crippen LogP contribution in [0.2, 0.25) is 5.02 Å². The molecule has 2 rings (SSSR count). The molecule has 6 heteroatoms. The minimum absolute atomic E-state index is 0.0365. The fraction of sp³-hybridized carbons (Fsp3) is 0.412. The number of nitrogens with zero attached hydrogens (tertiary/aromatic N) is 2. The first-order valence-corrected chi connectivity index (χ1v) is 7.90. The van der Waals surface area contributed by atoms with E-state index in [1.165, 1.54) is 7.05 Å². The lowest BCUT2D eigenvalue weighted by Crippen LogP contribution is -2.17. The van der Waals surface area contributed by atoms with Crippen molar-refractivity contribution in [3.8, 4) is 0 Å². The average Bonchev–Trinajstić information content (AvgIpc) is 2.73. The van der Waals surface area contributed by atoms with Crippen molar-refractivity contribution in [3.63, 3.8) is 0 Å². The van der Waals surface area contributed by atoms with E-state index >= 15 is 0 Å². The number of carbonyl (C=O) groups excluding carboxylic acids is 1. The van der Waals surface area contributed by atoms with Crippen molar-refractivity contribution >= 4 is 23.2 Å². The fourth-order valence-electron chi connectivity index (χ4n) is 2.46. The Morgan fingerprint density at radius 1 is 1.35 bits per heavy atom. The first-order valence-electron chi connectivity index (χ1n) is 7.52. The Morgan fingerprint density at radius 3 is 2.52 bits per heavy atom. The Kier molecular flexibility index (Phi) is 5.09. The summed E-state index contributed by atoms with van der Waals surface area (Å²) in [6.45, 7) is 7.88. The van der Waals surface area contributed by atoms with E-state index in [1.54, 1.807) is 19.1 Å². The van der Waals surface area contributed by atoms with E-state index in [-0.39, 0.29) is 11.5 Å². The summed E-state index contributed by atoms with van der Waals surface area (Å²) in [6, 6.07) is 5.30. The van der Waals surface area contributed by atoms with Crippen LogP contribution in [-0.4, -0.2) is 15.7 Å². The van der Waals surface area contributed by atoms with Gasteiger partial charge in [-0.2, -0.15) is 9.49 Å². The van der Waals surface area contributed by atoms with Gasteiger partial charge in [0.15, 0.2) is 0 Å². The molecule has 124 valence electrons. The molecule has 0 saturated carbocycles. The number of rotatable bonds is 4. The van der Waals surface area contributed by atoms with Crippen LogP contribution in [-0.2, 0) is 7.05 Å². The second-order valence-electron chi connectivity index (χ2n) is 6.09. The summed E-state index contributed by atoms with van der Waals surface area (Å²) < 4.78 is 15.1. The number of hydrogen-bond acceptors (Lipinski definition) is 2. The monoisotopic (exact) mass is 337 g/mol. The van der Waals surface area contributed by atoms with Crippen LogP contribution in [0.1, 0.15) is 48.3 Å². The molecule has 1 unspecified atom stereocenters. The number of carbonyl (C=O) groups is 1. The highest BCUT2D eigenvalue weighted by molar-refractivity contribution is 6.30. The zero-order chi connectivity index (χ0) is 17.3. The van der Waals surface area contributed by atoms with Gasteiger partial charge in [-0.25, -0.2) is 4.68 Å². The zero-order valence-corrected chi connectivity index (χ0v) is 14.7. The molecule has 0 saturated heterocycles. The largest absolute Gasteiger partial charge is 0.322 e. The number of nitrogens with one attached hydrogen (secondary N) is 1. The van der Waals surface area contributed by atoms with E-state index in [2.05, 4.69) is 31.2 Å². The minimum Gasteiger partial charge on any atom is -0.322 e. The second kappa shape index (κ2) is 6.71. The summed E-state index contributed by atoms with van der Waals surface area (Å²) in [7, 11) is 1.47. The van der Waals surface area contributed by atoms with E-state index in [0.29, 0.717) is 22.3 Å². The van der Waals surface area contributed by atoms with Crippen LogP contribution >= 0.6 is 11.6 Å². The molecule has 4 nitrogen and oxygen atoms in total. The van der Waals surface area contributed by atoms with Crippen LogP contribution in [0.25, 0.3) is 0 Å². The van der Waals surface area contributed by atoms with Crippen LogP contribution < -0.4 is 5.32 Å². The van der Waals surface area contributed by atoms with Gasteiger partial charge in [0.25, 0.3) is 5.91 Å². The first-order chi connectivity index (χ1) is 10.7. The van der Waals surface area contributed by atoms with Crippen molar-refractivity contribution in [3.05, 3.63) is 46.0 Å². The van der Waals surface area contributed by atoms with Gasteiger partial charge in [0.2, 0.25) is 5.95 Å². The molecule has 0 spiro atoms. The Morgan fingerprint density at radius 2 is 2.00 bits per heavy atom. The summed E-state index contributed by atoms with van der Waals surface area (Å²) in [5.41, 5.74) is 1.89. The van der Waals surface area contributed by atoms with Gasteiger partial charge < -0.3 is 5.32 Å². The van der Waals surface area contributed by atoms with Crippen molar-refractivity contribution in [1.29, 1.82) is 0 Å². The van der Waals surface area contributed by atoms with Crippen molar-refractivity contribution in [1.82, 2.24) is 9.78 Å². The highest BCUT2D eigenvalue weighted by Gasteiger charge is 2.22. The normalized spacial score (nSPS) is 12.5. The Hall–Kier alpha value is -1.88. The Labute approximate surface area is 140 Å². The lowest BCUT2D eigenvalue weighted by atomic mass is 9.89. The molecule has 0 aliphatic heterocycles. The molecule has 0 fully saturated rings. The number of halogens is 2. The zero-order valence-electron chi connectivity index (χ0n) is 13.9. The van der Waals surface area contributed by atoms with E-state index in [1.807, 2.05) is 6.07 Å². The van der Waals surface area contributed by atoms with Crippen molar-refractivity contribution in [2.45, 2.75) is 33.6 Å². The van der Waals surface area contributed by atoms with Gasteiger partial charge in [0, 0.05) is 17.8 Å². The third-order valence-corrected chi connectivity index (χ3v) is 4.37. The maximum absolute atomic E-state index is 14.0. The Balaban J connectivity index is 2.38. The van der Waals surface area contributed by atoms with Gasteiger partial charge >= 0.3 is 0 Å². The van der Waals surface area contributed by atoms with Gasteiger partial charge in [-0.05, 0) is 42.5 Å². The Bertz CT molecular complexity index is 740. The predicted molar refractivity (Wildman–Crippen MR) is 90.6 cm³/mol. The van der Waals surface area contributed by atoms with Gasteiger partial charge in [-0.15, -0.1) is 0 Å². The summed E-state index contributed by atoms with van der Waals surface area (Å²) in [5.74, 6) is -0.579. The lowest BCUT2D eigenvalue weighted by molar-refractivity contribution is 0.102.